The van der Waals surface area contributed by atoms with E-state index in [1.807, 2.05) is 73.0 Å². The third-order valence-corrected chi connectivity index (χ3v) is 16.6. The normalized spacial score (nSPS) is 43.2. The molecule has 17 atom stereocenters. The summed E-state index contributed by atoms with van der Waals surface area (Å²) in [4.78, 5) is 25.2. The fourth-order valence-electron chi connectivity index (χ4n) is 10.1. The van der Waals surface area contributed by atoms with Gasteiger partial charge in [-0.25, -0.2) is 0 Å². The van der Waals surface area contributed by atoms with E-state index in [9.17, 15) is 15.0 Å². The van der Waals surface area contributed by atoms with E-state index >= 15 is 0 Å². The number of thioether (sulfide) groups is 2. The molecule has 8 unspecified atom stereocenters. The molecule has 4 aliphatic heterocycles. The molecule has 0 bridgehead atoms. The molecule has 14 nitrogen and oxygen atoms in total. The molecular weight excluding hydrogens is 869 g/mol. The Balaban J connectivity index is 1.64. The van der Waals surface area contributed by atoms with E-state index < -0.39 is 95.6 Å². The lowest BCUT2D eigenvalue weighted by Crippen LogP contribution is -2.60. The van der Waals surface area contributed by atoms with Gasteiger partial charge in [-0.3, -0.25) is 4.79 Å². The van der Waals surface area contributed by atoms with Crippen LogP contribution in [-0.4, -0.2) is 144 Å². The molecule has 0 amide bonds. The quantitative estimate of drug-likeness (QED) is 0.108. The van der Waals surface area contributed by atoms with Gasteiger partial charge in [0.1, 0.15) is 23.9 Å². The van der Waals surface area contributed by atoms with E-state index in [0.717, 1.165) is 21.8 Å². The van der Waals surface area contributed by atoms with Crippen LogP contribution in [-0.2, 0) is 42.2 Å². The summed E-state index contributed by atoms with van der Waals surface area (Å²) >= 11 is 4.15. The van der Waals surface area contributed by atoms with E-state index in [0.29, 0.717) is 18.6 Å². The van der Waals surface area contributed by atoms with E-state index in [2.05, 4.69) is 18.7 Å². The molecule has 4 heterocycles. The molecule has 17 heteroatoms. The number of nitrogens with zero attached hydrogens (tertiary/aromatic N) is 2. The van der Waals surface area contributed by atoms with Crippen LogP contribution in [0.25, 0.3) is 0 Å². The topological polar surface area (TPSA) is 167 Å². The third kappa shape index (κ3) is 11.9. The minimum absolute atomic E-state index is 0.0204. The SMILES string of the molecule is [3H]CSOC1C(O[C@@H]2[C@@H](C)[C@H](OC3CC(C)(OC)C(O[3H])C(C)O3)[C@@H](C)C(=O)O[C@H](CC)[C@@](C)(O)[C@H](O)[C@@H](C)/C(=N/OC3Sc4ccccc4S3)[C@H](C)CC2(C)C)OC(C)CC1N(C)C. The third-order valence-electron chi connectivity index (χ3n) is 13.8. The first-order valence-corrected chi connectivity index (χ1v) is 25.0. The number of cyclic esters (lactones) is 1. The Morgan fingerprint density at radius 3 is 2.24 bits per heavy atom. The number of likely N-dealkylation sites (N-methyl/N-ethyl adjacent to an activating group) is 1. The molecule has 3 N–H and O–H groups in total. The maximum Gasteiger partial charge on any atom is 0.311 e. The van der Waals surface area contributed by atoms with E-state index in [4.69, 9.17) is 50.5 Å². The first kappa shape index (κ1) is 49.7. The Morgan fingerprint density at radius 2 is 1.65 bits per heavy atom. The molecule has 0 saturated carbocycles. The highest BCUT2D eigenvalue weighted by atomic mass is 32.2. The van der Waals surface area contributed by atoms with Crippen LogP contribution >= 0.6 is 35.6 Å². The van der Waals surface area contributed by atoms with Gasteiger partial charge in [-0.2, -0.15) is 0 Å². The van der Waals surface area contributed by atoms with Gasteiger partial charge in [0, 0.05) is 48.8 Å². The average molecular weight is 949 g/mol. The first-order chi connectivity index (χ1) is 30.5. The van der Waals surface area contributed by atoms with Crippen molar-refractivity contribution in [1.29, 1.82) is 1.43 Å². The summed E-state index contributed by atoms with van der Waals surface area (Å²) in [6, 6.07) is 7.96. The Kier molecular flexibility index (Phi) is 17.2. The van der Waals surface area contributed by atoms with Crippen molar-refractivity contribution in [3.05, 3.63) is 24.3 Å². The Hall–Kier alpha value is -1.19. The van der Waals surface area contributed by atoms with Gasteiger partial charge in [0.2, 0.25) is 6.20 Å². The fraction of sp³-hybridized carbons (Fsp3) is 0.826. The summed E-state index contributed by atoms with van der Waals surface area (Å²) in [6.45, 7) is 20.7. The highest BCUT2D eigenvalue weighted by molar-refractivity contribution is 8.19. The molecule has 0 spiro atoms. The number of carbonyl (C=O) groups excluding carboxylic acids is 1. The Labute approximate surface area is 392 Å². The molecule has 4 aliphatic rings. The number of aliphatic hydroxyl groups is 3. The minimum Gasteiger partial charge on any atom is -0.459 e. The number of benzene rings is 1. The highest BCUT2D eigenvalue weighted by Crippen LogP contribution is 2.49. The standard InChI is InChI=1S/C46H76N2O12S3/c1-16-33-46(11,52)38(49)26(4)35(47-59-43-62-31-19-17-18-20-32(31)63-43)24(2)22-44(8,9)40(58-42-37(60-61-15)30(48(12)13)21-25(3)54-42)27(5)36(28(6)41(51)56-33)57-34-23-45(10,53-14)39(50)29(7)55-34/h17-20,24-30,33-34,36-40,42-43,49-50,52H,16,21-23H2,1-15H3/b47-35+/t24-,25?,26+,27+,28-,29?,30?,33-,34?,36+,37?,38-,39?,40-,42?,45?,46-/m1/s1/i15T,50T. The van der Waals surface area contributed by atoms with Crippen LogP contribution < -0.4 is 0 Å². The number of aliphatic hydroxyl groups excluding tert-OH is 2. The van der Waals surface area contributed by atoms with Crippen molar-refractivity contribution in [2.24, 2.45) is 34.2 Å². The molecule has 63 heavy (non-hydrogen) atoms. The summed E-state index contributed by atoms with van der Waals surface area (Å²) in [5, 5.41) is 34.4. The minimum atomic E-state index is -1.90. The molecule has 5 rings (SSSR count). The summed E-state index contributed by atoms with van der Waals surface area (Å²) in [7, 11) is 5.54. The Morgan fingerprint density at radius 1 is 0.984 bits per heavy atom. The van der Waals surface area contributed by atoms with Crippen molar-refractivity contribution in [2.75, 3.05) is 27.4 Å². The van der Waals surface area contributed by atoms with E-state index in [-0.39, 0.29) is 41.9 Å². The van der Waals surface area contributed by atoms with Gasteiger partial charge in [0.15, 0.2) is 12.6 Å². The van der Waals surface area contributed by atoms with Crippen LogP contribution in [0.3, 0.4) is 0 Å². The van der Waals surface area contributed by atoms with Crippen molar-refractivity contribution in [1.82, 2.24) is 4.90 Å². The van der Waals surface area contributed by atoms with Gasteiger partial charge in [0.25, 0.3) is 0 Å². The zero-order valence-corrected chi connectivity index (χ0v) is 42.1. The number of hydrogen-bond donors (Lipinski definition) is 3. The number of oxime groups is 1. The zero-order chi connectivity index (χ0) is 48.2. The summed E-state index contributed by atoms with van der Waals surface area (Å²) < 4.78 is 61.2. The monoisotopic (exact) mass is 948 g/mol. The van der Waals surface area contributed by atoms with Crippen molar-refractivity contribution in [3.8, 4) is 0 Å². The van der Waals surface area contributed by atoms with Gasteiger partial charge in [-0.05, 0) is 103 Å². The van der Waals surface area contributed by atoms with Gasteiger partial charge in [-0.1, -0.05) is 82.4 Å². The number of fused-ring (bicyclic) bond motifs is 1. The maximum absolute atomic E-state index is 14.7. The molecule has 0 aromatic heterocycles. The van der Waals surface area contributed by atoms with E-state index in [1.54, 1.807) is 51.4 Å². The molecule has 0 aliphatic carbocycles. The van der Waals surface area contributed by atoms with Gasteiger partial charge in [0.05, 0.1) is 47.8 Å². The second kappa shape index (κ2) is 21.8. The maximum atomic E-state index is 14.7. The van der Waals surface area contributed by atoms with Gasteiger partial charge >= 0.3 is 5.97 Å². The Bertz CT molecular complexity index is 1710. The summed E-state index contributed by atoms with van der Waals surface area (Å²) in [5.41, 5.74) is -3.09. The van der Waals surface area contributed by atoms with Crippen molar-refractivity contribution in [3.63, 3.8) is 0 Å². The van der Waals surface area contributed by atoms with Crippen LogP contribution in [0.15, 0.2) is 39.2 Å². The molecular formula is C46H76N2O12S3. The summed E-state index contributed by atoms with van der Waals surface area (Å²) in [5.74, 6) is -3.25. The zero-order valence-electron chi connectivity index (χ0n) is 41.7. The van der Waals surface area contributed by atoms with Crippen LogP contribution in [0.2, 0.25) is 0 Å². The lowest BCUT2D eigenvalue weighted by molar-refractivity contribution is -0.311. The van der Waals surface area contributed by atoms with Crippen molar-refractivity contribution < 1.29 is 58.9 Å². The van der Waals surface area contributed by atoms with Crippen LogP contribution in [0.1, 0.15) is 103 Å². The van der Waals surface area contributed by atoms with Crippen molar-refractivity contribution in [2.45, 2.75) is 195 Å². The molecule has 1 aromatic carbocycles. The lowest BCUT2D eigenvalue weighted by Gasteiger charge is -2.50. The average Bonchev–Trinajstić information content (AvgIpc) is 3.67. The van der Waals surface area contributed by atoms with Crippen LogP contribution in [0, 0.1) is 29.1 Å². The molecule has 3 fully saturated rings. The predicted octanol–water partition coefficient (Wildman–Crippen LogP) is 7.35. The second-order valence-electron chi connectivity index (χ2n) is 19.5. The number of ether oxygens (including phenoxy) is 6. The van der Waals surface area contributed by atoms with Crippen LogP contribution in [0.5, 0.6) is 0 Å². The second-order valence-corrected chi connectivity index (χ2v) is 22.4. The molecule has 3 saturated heterocycles. The molecule has 360 valence electrons. The number of hydrogen-bond acceptors (Lipinski definition) is 17. The number of carbonyl (C=O) groups is 1. The van der Waals surface area contributed by atoms with Gasteiger partial charge in [-0.15, -0.1) is 0 Å². The molecule has 0 radical (unpaired) electrons. The highest BCUT2D eigenvalue weighted by Gasteiger charge is 2.53. The smallest absolute Gasteiger partial charge is 0.311 e. The van der Waals surface area contributed by atoms with Crippen molar-refractivity contribution >= 4 is 47.2 Å². The molecule has 1 aromatic rings. The largest absolute Gasteiger partial charge is 0.459 e. The predicted molar refractivity (Wildman–Crippen MR) is 247 cm³/mol. The number of rotatable bonds is 12. The first-order valence-electron chi connectivity index (χ1n) is 23.4. The lowest BCUT2D eigenvalue weighted by atomic mass is 9.69. The van der Waals surface area contributed by atoms with Gasteiger partial charge < -0.3 is 57.7 Å². The number of methoxy groups -OCH3 is 1. The fourth-order valence-corrected chi connectivity index (χ4v) is 12.9. The number of esters is 1. The van der Waals surface area contributed by atoms with E-state index in [1.165, 1.54) is 6.92 Å². The van der Waals surface area contributed by atoms with Crippen LogP contribution in [0.4, 0.5) is 0 Å². The summed E-state index contributed by atoms with van der Waals surface area (Å²) in [6.07, 6.45) is -6.59.